The van der Waals surface area contributed by atoms with Gasteiger partial charge >= 0.3 is 12.1 Å². The van der Waals surface area contributed by atoms with E-state index in [1.807, 2.05) is 0 Å². The number of amides is 1. The van der Waals surface area contributed by atoms with Crippen molar-refractivity contribution in [2.75, 3.05) is 6.61 Å². The first-order valence-corrected chi connectivity index (χ1v) is 4.90. The highest BCUT2D eigenvalue weighted by Crippen LogP contribution is 2.25. The van der Waals surface area contributed by atoms with Gasteiger partial charge in [-0.3, -0.25) is 4.79 Å². The molecule has 1 aliphatic rings. The minimum absolute atomic E-state index is 0.0802. The van der Waals surface area contributed by atoms with Crippen molar-refractivity contribution in [1.29, 1.82) is 0 Å². The maximum atomic E-state index is 11.1. The first kappa shape index (κ1) is 11.6. The number of nitrogens with one attached hydrogen (secondary N) is 1. The molecule has 0 saturated heterocycles. The van der Waals surface area contributed by atoms with Crippen LogP contribution in [0.15, 0.2) is 12.7 Å². The van der Waals surface area contributed by atoms with Gasteiger partial charge in [0.2, 0.25) is 0 Å². The molecule has 0 aromatic heterocycles. The number of carboxylic acids is 1. The van der Waals surface area contributed by atoms with E-state index in [0.29, 0.717) is 19.3 Å². The van der Waals surface area contributed by atoms with Gasteiger partial charge in [-0.1, -0.05) is 12.7 Å². The molecular weight excluding hydrogens is 198 g/mol. The van der Waals surface area contributed by atoms with Gasteiger partial charge in [-0.2, -0.15) is 0 Å². The van der Waals surface area contributed by atoms with E-state index in [9.17, 15) is 9.59 Å². The Hall–Kier alpha value is -1.52. The lowest BCUT2D eigenvalue weighted by Gasteiger charge is -2.11. The Bertz CT molecular complexity index is 264. The van der Waals surface area contributed by atoms with Gasteiger partial charge in [0.15, 0.2) is 0 Å². The van der Waals surface area contributed by atoms with Crippen molar-refractivity contribution >= 4 is 12.1 Å². The summed E-state index contributed by atoms with van der Waals surface area (Å²) in [6.07, 6.45) is 2.76. The molecule has 1 rings (SSSR count). The highest BCUT2D eigenvalue weighted by atomic mass is 16.5. The largest absolute Gasteiger partial charge is 0.481 e. The molecule has 0 aromatic carbocycles. The van der Waals surface area contributed by atoms with Crippen molar-refractivity contribution in [2.45, 2.75) is 25.3 Å². The standard InChI is InChI=1S/C10H15NO4/c1-2-5-15-10(14)11-8-4-3-7(6-8)9(12)13/h2,7-8H,1,3-6H2,(H,11,14)(H,12,13)/t7-,8-/m0/s1. The zero-order valence-corrected chi connectivity index (χ0v) is 8.44. The van der Waals surface area contributed by atoms with Crippen LogP contribution in [-0.2, 0) is 9.53 Å². The van der Waals surface area contributed by atoms with Crippen LogP contribution in [0.25, 0.3) is 0 Å². The van der Waals surface area contributed by atoms with Crippen LogP contribution in [0.3, 0.4) is 0 Å². The highest BCUT2D eigenvalue weighted by molar-refractivity contribution is 5.71. The number of carboxylic acid groups (broad SMARTS) is 1. The predicted molar refractivity (Wildman–Crippen MR) is 53.4 cm³/mol. The number of carbonyl (C=O) groups excluding carboxylic acids is 1. The van der Waals surface area contributed by atoms with E-state index in [1.165, 1.54) is 6.08 Å². The van der Waals surface area contributed by atoms with Gasteiger partial charge in [-0.25, -0.2) is 4.79 Å². The molecule has 15 heavy (non-hydrogen) atoms. The molecule has 0 aromatic rings. The SMILES string of the molecule is C=CCOC(=O)N[C@H]1CC[C@H](C(=O)O)C1. The first-order valence-electron chi connectivity index (χ1n) is 4.90. The molecule has 1 saturated carbocycles. The first-order chi connectivity index (χ1) is 7.13. The van der Waals surface area contributed by atoms with Crippen LogP contribution in [0.2, 0.25) is 0 Å². The molecule has 0 radical (unpaired) electrons. The van der Waals surface area contributed by atoms with E-state index < -0.39 is 12.1 Å². The molecule has 2 N–H and O–H groups in total. The molecule has 1 amide bonds. The van der Waals surface area contributed by atoms with Gasteiger partial charge in [0.05, 0.1) is 5.92 Å². The summed E-state index contributed by atoms with van der Waals surface area (Å²) < 4.78 is 4.73. The fourth-order valence-electron chi connectivity index (χ4n) is 1.68. The molecule has 0 heterocycles. The van der Waals surface area contributed by atoms with Crippen LogP contribution in [0.5, 0.6) is 0 Å². The van der Waals surface area contributed by atoms with E-state index in [1.54, 1.807) is 0 Å². The average molecular weight is 213 g/mol. The molecule has 2 atom stereocenters. The minimum atomic E-state index is -0.793. The van der Waals surface area contributed by atoms with Gasteiger partial charge in [0.25, 0.3) is 0 Å². The third-order valence-corrected chi connectivity index (χ3v) is 2.44. The van der Waals surface area contributed by atoms with Crippen LogP contribution < -0.4 is 5.32 Å². The molecule has 0 aliphatic heterocycles. The average Bonchev–Trinajstić information content (AvgIpc) is 2.63. The summed E-state index contributed by atoms with van der Waals surface area (Å²) in [4.78, 5) is 21.8. The second-order valence-electron chi connectivity index (χ2n) is 3.58. The summed E-state index contributed by atoms with van der Waals surface area (Å²) >= 11 is 0. The molecule has 84 valence electrons. The van der Waals surface area contributed by atoms with Crippen LogP contribution in [0, 0.1) is 5.92 Å². The Balaban J connectivity index is 2.26. The van der Waals surface area contributed by atoms with E-state index in [0.717, 1.165) is 0 Å². The van der Waals surface area contributed by atoms with Crippen LogP contribution in [-0.4, -0.2) is 29.8 Å². The number of alkyl carbamates (subject to hydrolysis) is 1. The molecule has 0 bridgehead atoms. The Morgan fingerprint density at radius 3 is 2.80 bits per heavy atom. The quantitative estimate of drug-likeness (QED) is 0.687. The van der Waals surface area contributed by atoms with Gasteiger partial charge in [0, 0.05) is 6.04 Å². The van der Waals surface area contributed by atoms with Crippen LogP contribution >= 0.6 is 0 Å². The van der Waals surface area contributed by atoms with Crippen LogP contribution in [0.1, 0.15) is 19.3 Å². The van der Waals surface area contributed by atoms with E-state index in [4.69, 9.17) is 9.84 Å². The molecular formula is C10H15NO4. The molecule has 5 nitrogen and oxygen atoms in total. The minimum Gasteiger partial charge on any atom is -0.481 e. The topological polar surface area (TPSA) is 75.6 Å². The summed E-state index contributed by atoms with van der Waals surface area (Å²) in [7, 11) is 0. The molecule has 0 unspecified atom stereocenters. The fraction of sp³-hybridized carbons (Fsp3) is 0.600. The highest BCUT2D eigenvalue weighted by Gasteiger charge is 2.30. The normalized spacial score (nSPS) is 24.5. The second kappa shape index (κ2) is 5.38. The lowest BCUT2D eigenvalue weighted by molar-refractivity contribution is -0.141. The van der Waals surface area contributed by atoms with Gasteiger partial charge in [0.1, 0.15) is 6.61 Å². The summed E-state index contributed by atoms with van der Waals surface area (Å²) in [6, 6.07) is -0.0802. The van der Waals surface area contributed by atoms with Crippen molar-refractivity contribution in [3.05, 3.63) is 12.7 Å². The van der Waals surface area contributed by atoms with Crippen molar-refractivity contribution in [1.82, 2.24) is 5.32 Å². The second-order valence-corrected chi connectivity index (χ2v) is 3.58. The summed E-state index contributed by atoms with van der Waals surface area (Å²) in [6.45, 7) is 3.58. The molecule has 0 spiro atoms. The lowest BCUT2D eigenvalue weighted by atomic mass is 10.1. The maximum Gasteiger partial charge on any atom is 0.407 e. The number of aliphatic carboxylic acids is 1. The summed E-state index contributed by atoms with van der Waals surface area (Å²) in [5, 5.41) is 11.4. The smallest absolute Gasteiger partial charge is 0.407 e. The number of rotatable bonds is 4. The monoisotopic (exact) mass is 213 g/mol. The Morgan fingerprint density at radius 1 is 1.53 bits per heavy atom. The zero-order chi connectivity index (χ0) is 11.3. The van der Waals surface area contributed by atoms with Gasteiger partial charge < -0.3 is 15.2 Å². The number of ether oxygens (including phenoxy) is 1. The van der Waals surface area contributed by atoms with Crippen molar-refractivity contribution in [3.63, 3.8) is 0 Å². The Morgan fingerprint density at radius 2 is 2.27 bits per heavy atom. The van der Waals surface area contributed by atoms with Crippen molar-refractivity contribution in [3.8, 4) is 0 Å². The van der Waals surface area contributed by atoms with E-state index in [2.05, 4.69) is 11.9 Å². The summed E-state index contributed by atoms with van der Waals surface area (Å²) in [5.41, 5.74) is 0. The lowest BCUT2D eigenvalue weighted by Crippen LogP contribution is -2.33. The van der Waals surface area contributed by atoms with E-state index >= 15 is 0 Å². The van der Waals surface area contributed by atoms with Gasteiger partial charge in [-0.15, -0.1) is 0 Å². The third-order valence-electron chi connectivity index (χ3n) is 2.44. The number of hydrogen-bond acceptors (Lipinski definition) is 3. The number of carbonyl (C=O) groups is 2. The number of hydrogen-bond donors (Lipinski definition) is 2. The van der Waals surface area contributed by atoms with Crippen molar-refractivity contribution < 1.29 is 19.4 Å². The van der Waals surface area contributed by atoms with Crippen LogP contribution in [0.4, 0.5) is 4.79 Å². The Kier molecular flexibility index (Phi) is 4.15. The van der Waals surface area contributed by atoms with Gasteiger partial charge in [-0.05, 0) is 19.3 Å². The van der Waals surface area contributed by atoms with Crippen molar-refractivity contribution in [2.24, 2.45) is 5.92 Å². The molecule has 1 aliphatic carbocycles. The summed E-state index contributed by atoms with van der Waals surface area (Å²) in [5.74, 6) is -1.13. The Labute approximate surface area is 88.1 Å². The zero-order valence-electron chi connectivity index (χ0n) is 8.44. The predicted octanol–water partition coefficient (Wildman–Crippen LogP) is 1.15. The van der Waals surface area contributed by atoms with E-state index in [-0.39, 0.29) is 18.6 Å². The molecule has 5 heteroatoms. The third kappa shape index (κ3) is 3.61. The molecule has 1 fully saturated rings. The maximum absolute atomic E-state index is 11.1. The fourth-order valence-corrected chi connectivity index (χ4v) is 1.68.